The first kappa shape index (κ1) is 14.7. The van der Waals surface area contributed by atoms with Crippen LogP contribution in [0.1, 0.15) is 43.8 Å². The van der Waals surface area contributed by atoms with Gasteiger partial charge in [0.15, 0.2) is 11.6 Å². The van der Waals surface area contributed by atoms with Crippen molar-refractivity contribution in [3.8, 4) is 5.75 Å². The molecule has 0 fully saturated rings. The molecule has 0 bridgehead atoms. The highest BCUT2D eigenvalue weighted by Crippen LogP contribution is 2.25. The molecule has 0 saturated carbocycles. The van der Waals surface area contributed by atoms with Gasteiger partial charge in [-0.25, -0.2) is 4.39 Å². The first-order valence-electron chi connectivity index (χ1n) is 6.31. The molecular weight excluding hydrogens is 231 g/mol. The fourth-order valence-electron chi connectivity index (χ4n) is 1.86. The Morgan fingerprint density at radius 3 is 2.78 bits per heavy atom. The lowest BCUT2D eigenvalue weighted by molar-refractivity contribution is 0.163. The van der Waals surface area contributed by atoms with Crippen LogP contribution in [0, 0.1) is 5.82 Å². The van der Waals surface area contributed by atoms with Crippen molar-refractivity contribution in [2.24, 2.45) is 0 Å². The zero-order valence-electron chi connectivity index (χ0n) is 10.9. The van der Waals surface area contributed by atoms with Crippen LogP contribution >= 0.6 is 0 Å². The van der Waals surface area contributed by atoms with Crippen molar-refractivity contribution >= 4 is 0 Å². The van der Waals surface area contributed by atoms with Gasteiger partial charge in [-0.1, -0.05) is 25.0 Å². The number of methoxy groups -OCH3 is 1. The summed E-state index contributed by atoms with van der Waals surface area (Å²) in [6.07, 6.45) is 6.04. The molecule has 1 aromatic carbocycles. The molecule has 100 valence electrons. The number of ether oxygens (including phenoxy) is 1. The number of aliphatic hydroxyl groups is 1. The fourth-order valence-corrected chi connectivity index (χ4v) is 1.86. The van der Waals surface area contributed by atoms with Crippen LogP contribution in [0.25, 0.3) is 0 Å². The summed E-state index contributed by atoms with van der Waals surface area (Å²) < 4.78 is 18.3. The molecule has 0 radical (unpaired) electrons. The van der Waals surface area contributed by atoms with E-state index in [2.05, 4.69) is 6.58 Å². The largest absolute Gasteiger partial charge is 0.494 e. The van der Waals surface area contributed by atoms with E-state index in [1.807, 2.05) is 6.08 Å². The van der Waals surface area contributed by atoms with Crippen molar-refractivity contribution < 1.29 is 14.2 Å². The number of hydrogen-bond donors (Lipinski definition) is 1. The Kier molecular flexibility index (Phi) is 6.44. The van der Waals surface area contributed by atoms with Crippen LogP contribution < -0.4 is 4.74 Å². The molecule has 2 nitrogen and oxygen atoms in total. The first-order valence-corrected chi connectivity index (χ1v) is 6.31. The molecule has 0 aliphatic rings. The molecule has 0 spiro atoms. The summed E-state index contributed by atoms with van der Waals surface area (Å²) >= 11 is 0. The highest BCUT2D eigenvalue weighted by molar-refractivity contribution is 5.30. The number of rotatable bonds is 8. The lowest BCUT2D eigenvalue weighted by Gasteiger charge is -2.12. The molecule has 0 aromatic heterocycles. The fraction of sp³-hybridized carbons (Fsp3) is 0.467. The average Bonchev–Trinajstić information content (AvgIpc) is 2.38. The van der Waals surface area contributed by atoms with Crippen molar-refractivity contribution in [1.29, 1.82) is 0 Å². The van der Waals surface area contributed by atoms with Crippen molar-refractivity contribution in [2.75, 3.05) is 7.11 Å². The van der Waals surface area contributed by atoms with Crippen molar-refractivity contribution in [3.05, 3.63) is 42.2 Å². The van der Waals surface area contributed by atoms with Crippen LogP contribution in [0.5, 0.6) is 5.75 Å². The predicted molar refractivity (Wildman–Crippen MR) is 71.2 cm³/mol. The lowest BCUT2D eigenvalue weighted by atomic mass is 10.0. The Morgan fingerprint density at radius 1 is 1.39 bits per heavy atom. The van der Waals surface area contributed by atoms with E-state index >= 15 is 0 Å². The number of hydrogen-bond acceptors (Lipinski definition) is 2. The first-order chi connectivity index (χ1) is 8.69. The molecule has 0 aliphatic heterocycles. The van der Waals surface area contributed by atoms with Crippen LogP contribution in [0.2, 0.25) is 0 Å². The predicted octanol–water partition coefficient (Wildman–Crippen LogP) is 4.00. The van der Waals surface area contributed by atoms with Gasteiger partial charge < -0.3 is 9.84 Å². The average molecular weight is 252 g/mol. The van der Waals surface area contributed by atoms with Gasteiger partial charge in [-0.15, -0.1) is 6.58 Å². The molecular formula is C15H21FO2. The second-order valence-corrected chi connectivity index (χ2v) is 4.34. The van der Waals surface area contributed by atoms with Crippen molar-refractivity contribution in [2.45, 2.75) is 38.2 Å². The Bertz CT molecular complexity index is 377. The summed E-state index contributed by atoms with van der Waals surface area (Å²) in [6, 6.07) is 4.59. The number of aliphatic hydroxyl groups excluding tert-OH is 1. The Morgan fingerprint density at radius 2 is 2.17 bits per heavy atom. The number of benzene rings is 1. The maximum absolute atomic E-state index is 13.5. The topological polar surface area (TPSA) is 29.5 Å². The van der Waals surface area contributed by atoms with Gasteiger partial charge in [0.05, 0.1) is 13.2 Å². The second-order valence-electron chi connectivity index (χ2n) is 4.34. The van der Waals surface area contributed by atoms with E-state index in [1.54, 1.807) is 12.1 Å². The van der Waals surface area contributed by atoms with E-state index in [9.17, 15) is 9.50 Å². The van der Waals surface area contributed by atoms with E-state index in [4.69, 9.17) is 4.74 Å². The van der Waals surface area contributed by atoms with Crippen LogP contribution in [-0.4, -0.2) is 12.2 Å². The Hall–Kier alpha value is -1.35. The molecule has 0 amide bonds. The summed E-state index contributed by atoms with van der Waals surface area (Å²) in [5.41, 5.74) is 0.608. The summed E-state index contributed by atoms with van der Waals surface area (Å²) in [5, 5.41) is 9.94. The molecule has 0 saturated heterocycles. The third-order valence-electron chi connectivity index (χ3n) is 2.95. The third-order valence-corrected chi connectivity index (χ3v) is 2.95. The van der Waals surface area contributed by atoms with Gasteiger partial charge in [0.2, 0.25) is 0 Å². The minimum Gasteiger partial charge on any atom is -0.494 e. The monoisotopic (exact) mass is 252 g/mol. The van der Waals surface area contributed by atoms with Crippen molar-refractivity contribution in [3.63, 3.8) is 0 Å². The van der Waals surface area contributed by atoms with Gasteiger partial charge in [0.25, 0.3) is 0 Å². The molecule has 1 N–H and O–H groups in total. The molecule has 1 atom stereocenters. The van der Waals surface area contributed by atoms with E-state index in [-0.39, 0.29) is 5.75 Å². The van der Waals surface area contributed by atoms with E-state index in [0.29, 0.717) is 12.0 Å². The number of halogens is 1. The minimum absolute atomic E-state index is 0.205. The summed E-state index contributed by atoms with van der Waals surface area (Å²) in [6.45, 7) is 3.66. The summed E-state index contributed by atoms with van der Waals surface area (Å²) in [4.78, 5) is 0. The van der Waals surface area contributed by atoms with Crippen LogP contribution in [0.3, 0.4) is 0 Å². The zero-order valence-corrected chi connectivity index (χ0v) is 10.9. The second kappa shape index (κ2) is 7.88. The third kappa shape index (κ3) is 4.49. The SMILES string of the molecule is C=CCCCCCC(O)c1ccc(OC)c(F)c1. The summed E-state index contributed by atoms with van der Waals surface area (Å²) in [5.74, 6) is -0.224. The molecule has 1 aromatic rings. The Labute approximate surface area is 108 Å². The summed E-state index contributed by atoms with van der Waals surface area (Å²) in [7, 11) is 1.42. The van der Waals surface area contributed by atoms with Gasteiger partial charge in [0.1, 0.15) is 0 Å². The van der Waals surface area contributed by atoms with Gasteiger partial charge in [-0.2, -0.15) is 0 Å². The lowest BCUT2D eigenvalue weighted by Crippen LogP contribution is -1.99. The quantitative estimate of drug-likeness (QED) is 0.559. The maximum atomic E-state index is 13.5. The van der Waals surface area contributed by atoms with Crippen LogP contribution in [0.4, 0.5) is 4.39 Å². The molecule has 1 rings (SSSR count). The van der Waals surface area contributed by atoms with Crippen LogP contribution in [0.15, 0.2) is 30.9 Å². The number of allylic oxidation sites excluding steroid dienone is 1. The van der Waals surface area contributed by atoms with Crippen molar-refractivity contribution in [1.82, 2.24) is 0 Å². The molecule has 18 heavy (non-hydrogen) atoms. The number of unbranched alkanes of at least 4 members (excludes halogenated alkanes) is 3. The van der Waals surface area contributed by atoms with Gasteiger partial charge in [-0.3, -0.25) is 0 Å². The maximum Gasteiger partial charge on any atom is 0.165 e. The van der Waals surface area contributed by atoms with Gasteiger partial charge >= 0.3 is 0 Å². The normalized spacial score (nSPS) is 12.2. The smallest absolute Gasteiger partial charge is 0.165 e. The van der Waals surface area contributed by atoms with E-state index in [0.717, 1.165) is 25.7 Å². The molecule has 0 heterocycles. The Balaban J connectivity index is 2.43. The molecule has 3 heteroatoms. The minimum atomic E-state index is -0.603. The van der Waals surface area contributed by atoms with E-state index < -0.39 is 11.9 Å². The van der Waals surface area contributed by atoms with Gasteiger partial charge in [-0.05, 0) is 37.0 Å². The van der Waals surface area contributed by atoms with Crippen LogP contribution in [-0.2, 0) is 0 Å². The zero-order chi connectivity index (χ0) is 13.4. The highest BCUT2D eigenvalue weighted by Gasteiger charge is 2.10. The molecule has 1 unspecified atom stereocenters. The standard InChI is InChI=1S/C15H21FO2/c1-3-4-5-6-7-8-14(17)12-9-10-15(18-2)13(16)11-12/h3,9-11,14,17H,1,4-8H2,2H3. The van der Waals surface area contributed by atoms with Gasteiger partial charge in [0, 0.05) is 0 Å². The molecule has 0 aliphatic carbocycles. The van der Waals surface area contributed by atoms with E-state index in [1.165, 1.54) is 13.2 Å². The highest BCUT2D eigenvalue weighted by atomic mass is 19.1.